The zero-order chi connectivity index (χ0) is 16.4. The summed E-state index contributed by atoms with van der Waals surface area (Å²) in [6.07, 6.45) is 0. The Hall–Kier alpha value is -3.20. The fourth-order valence-corrected chi connectivity index (χ4v) is 2.92. The first-order valence-corrected chi connectivity index (χ1v) is 7.91. The molecule has 1 heterocycles. The highest BCUT2D eigenvalue weighted by Crippen LogP contribution is 2.19. The lowest BCUT2D eigenvalue weighted by molar-refractivity contribution is 0.645. The van der Waals surface area contributed by atoms with Gasteiger partial charge in [-0.2, -0.15) is 5.10 Å². The van der Waals surface area contributed by atoms with E-state index < -0.39 is 0 Å². The third-order valence-electron chi connectivity index (χ3n) is 4.14. The SMILES string of the molecule is O=c1ccc(-c2ccccc2)nn1Cc1cccc2ccccc12. The highest BCUT2D eigenvalue weighted by atomic mass is 16.1. The smallest absolute Gasteiger partial charge is 0.267 e. The standard InChI is InChI=1S/C21H16N2O/c24-21-14-13-20(17-8-2-1-3-9-17)22-23(21)15-18-11-6-10-16-7-4-5-12-19(16)18/h1-14H,15H2. The van der Waals surface area contributed by atoms with E-state index in [1.54, 1.807) is 12.1 Å². The maximum atomic E-state index is 12.2. The van der Waals surface area contributed by atoms with E-state index in [9.17, 15) is 4.79 Å². The first kappa shape index (κ1) is 14.4. The van der Waals surface area contributed by atoms with Gasteiger partial charge in [-0.15, -0.1) is 0 Å². The lowest BCUT2D eigenvalue weighted by Gasteiger charge is -2.10. The van der Waals surface area contributed by atoms with E-state index in [0.29, 0.717) is 6.54 Å². The lowest BCUT2D eigenvalue weighted by Crippen LogP contribution is -2.22. The molecule has 0 radical (unpaired) electrons. The summed E-state index contributed by atoms with van der Waals surface area (Å²) in [5, 5.41) is 6.87. The van der Waals surface area contributed by atoms with Gasteiger partial charge in [0.05, 0.1) is 12.2 Å². The molecule has 0 aliphatic carbocycles. The molecule has 1 aromatic heterocycles. The molecule has 0 saturated carbocycles. The van der Waals surface area contributed by atoms with Crippen molar-refractivity contribution in [3.8, 4) is 11.3 Å². The van der Waals surface area contributed by atoms with Crippen LogP contribution in [0.15, 0.2) is 89.7 Å². The average molecular weight is 312 g/mol. The van der Waals surface area contributed by atoms with Crippen LogP contribution >= 0.6 is 0 Å². The van der Waals surface area contributed by atoms with Gasteiger partial charge in [0.25, 0.3) is 5.56 Å². The van der Waals surface area contributed by atoms with Crippen molar-refractivity contribution in [1.82, 2.24) is 9.78 Å². The predicted molar refractivity (Wildman–Crippen MR) is 97.0 cm³/mol. The summed E-state index contributed by atoms with van der Waals surface area (Å²) in [5.41, 5.74) is 2.80. The van der Waals surface area contributed by atoms with Crippen LogP contribution in [-0.4, -0.2) is 9.78 Å². The second kappa shape index (κ2) is 6.13. The summed E-state index contributed by atoms with van der Waals surface area (Å²) >= 11 is 0. The number of benzene rings is 3. The van der Waals surface area contributed by atoms with E-state index in [-0.39, 0.29) is 5.56 Å². The van der Waals surface area contributed by atoms with E-state index in [1.807, 2.05) is 54.6 Å². The second-order valence-electron chi connectivity index (χ2n) is 5.72. The van der Waals surface area contributed by atoms with Crippen molar-refractivity contribution < 1.29 is 0 Å². The Morgan fingerprint density at radius 3 is 2.38 bits per heavy atom. The molecule has 4 rings (SSSR count). The highest BCUT2D eigenvalue weighted by Gasteiger charge is 2.06. The largest absolute Gasteiger partial charge is 0.268 e. The fraction of sp³-hybridized carbons (Fsp3) is 0.0476. The Morgan fingerprint density at radius 1 is 0.750 bits per heavy atom. The van der Waals surface area contributed by atoms with Gasteiger partial charge >= 0.3 is 0 Å². The summed E-state index contributed by atoms with van der Waals surface area (Å²) in [7, 11) is 0. The zero-order valence-electron chi connectivity index (χ0n) is 13.1. The van der Waals surface area contributed by atoms with Gasteiger partial charge in [-0.25, -0.2) is 4.68 Å². The monoisotopic (exact) mass is 312 g/mol. The Kier molecular flexibility index (Phi) is 3.67. The van der Waals surface area contributed by atoms with Crippen LogP contribution in [0, 0.1) is 0 Å². The van der Waals surface area contributed by atoms with Crippen LogP contribution < -0.4 is 5.56 Å². The van der Waals surface area contributed by atoms with Crippen LogP contribution in [0.4, 0.5) is 0 Å². The Morgan fingerprint density at radius 2 is 1.50 bits per heavy atom. The summed E-state index contributed by atoms with van der Waals surface area (Å²) in [5.74, 6) is 0. The van der Waals surface area contributed by atoms with Crippen LogP contribution in [0.2, 0.25) is 0 Å². The van der Waals surface area contributed by atoms with Crippen molar-refractivity contribution in [2.75, 3.05) is 0 Å². The van der Waals surface area contributed by atoms with Gasteiger partial charge in [0.1, 0.15) is 0 Å². The van der Waals surface area contributed by atoms with Gasteiger partial charge in [-0.1, -0.05) is 72.8 Å². The van der Waals surface area contributed by atoms with Crippen LogP contribution in [0.25, 0.3) is 22.0 Å². The number of aromatic nitrogens is 2. The minimum atomic E-state index is -0.0948. The molecule has 0 saturated heterocycles. The fourth-order valence-electron chi connectivity index (χ4n) is 2.92. The van der Waals surface area contributed by atoms with E-state index >= 15 is 0 Å². The third kappa shape index (κ3) is 2.72. The molecule has 0 amide bonds. The maximum absolute atomic E-state index is 12.2. The quantitative estimate of drug-likeness (QED) is 0.570. The van der Waals surface area contributed by atoms with Gasteiger partial charge in [0, 0.05) is 11.6 Å². The molecule has 116 valence electrons. The van der Waals surface area contributed by atoms with Crippen molar-refractivity contribution >= 4 is 10.8 Å². The summed E-state index contributed by atoms with van der Waals surface area (Å²) in [6, 6.07) is 27.6. The normalized spacial score (nSPS) is 10.8. The van der Waals surface area contributed by atoms with Gasteiger partial charge < -0.3 is 0 Å². The molecule has 0 fully saturated rings. The summed E-state index contributed by atoms with van der Waals surface area (Å²) in [6.45, 7) is 0.459. The second-order valence-corrected chi connectivity index (χ2v) is 5.72. The molecule has 0 bridgehead atoms. The molecule has 3 nitrogen and oxygen atoms in total. The van der Waals surface area contributed by atoms with Gasteiger partial charge in [0.15, 0.2) is 0 Å². The van der Waals surface area contributed by atoms with E-state index in [0.717, 1.165) is 22.2 Å². The van der Waals surface area contributed by atoms with E-state index in [4.69, 9.17) is 0 Å². The summed E-state index contributed by atoms with van der Waals surface area (Å²) in [4.78, 5) is 12.2. The number of rotatable bonds is 3. The molecule has 0 spiro atoms. The first-order chi connectivity index (χ1) is 11.8. The van der Waals surface area contributed by atoms with Crippen molar-refractivity contribution in [3.05, 3.63) is 101 Å². The van der Waals surface area contributed by atoms with E-state index in [2.05, 4.69) is 23.3 Å². The minimum absolute atomic E-state index is 0.0948. The molecular formula is C21H16N2O. The first-order valence-electron chi connectivity index (χ1n) is 7.91. The molecular weight excluding hydrogens is 296 g/mol. The van der Waals surface area contributed by atoms with Crippen LogP contribution in [-0.2, 0) is 6.54 Å². The number of hydrogen-bond acceptors (Lipinski definition) is 2. The van der Waals surface area contributed by atoms with E-state index in [1.165, 1.54) is 10.1 Å². The molecule has 24 heavy (non-hydrogen) atoms. The van der Waals surface area contributed by atoms with Crippen LogP contribution in [0.1, 0.15) is 5.56 Å². The molecule has 3 aromatic carbocycles. The van der Waals surface area contributed by atoms with Gasteiger partial charge in [0.2, 0.25) is 0 Å². The van der Waals surface area contributed by atoms with Crippen molar-refractivity contribution in [2.45, 2.75) is 6.54 Å². The van der Waals surface area contributed by atoms with Crippen LogP contribution in [0.5, 0.6) is 0 Å². The Bertz CT molecular complexity index is 1050. The Balaban J connectivity index is 1.78. The number of nitrogens with zero attached hydrogens (tertiary/aromatic N) is 2. The van der Waals surface area contributed by atoms with Crippen molar-refractivity contribution in [2.24, 2.45) is 0 Å². The van der Waals surface area contributed by atoms with Crippen molar-refractivity contribution in [3.63, 3.8) is 0 Å². The molecule has 0 aliphatic heterocycles. The predicted octanol–water partition coefficient (Wildman–Crippen LogP) is 4.11. The Labute approximate surface area is 139 Å². The molecule has 0 unspecified atom stereocenters. The molecule has 3 heteroatoms. The number of fused-ring (bicyclic) bond motifs is 1. The average Bonchev–Trinajstić information content (AvgIpc) is 2.64. The zero-order valence-corrected chi connectivity index (χ0v) is 13.1. The molecule has 0 N–H and O–H groups in total. The third-order valence-corrected chi connectivity index (χ3v) is 4.14. The minimum Gasteiger partial charge on any atom is -0.268 e. The van der Waals surface area contributed by atoms with Gasteiger partial charge in [-0.05, 0) is 22.4 Å². The number of hydrogen-bond donors (Lipinski definition) is 0. The lowest BCUT2D eigenvalue weighted by atomic mass is 10.0. The van der Waals surface area contributed by atoms with Crippen LogP contribution in [0.3, 0.4) is 0 Å². The van der Waals surface area contributed by atoms with Crippen molar-refractivity contribution in [1.29, 1.82) is 0 Å². The molecule has 0 atom stereocenters. The maximum Gasteiger partial charge on any atom is 0.267 e. The summed E-state index contributed by atoms with van der Waals surface area (Å²) < 4.78 is 1.53. The topological polar surface area (TPSA) is 34.9 Å². The molecule has 4 aromatic rings. The molecule has 0 aliphatic rings. The highest BCUT2D eigenvalue weighted by molar-refractivity contribution is 5.85. The van der Waals surface area contributed by atoms with Gasteiger partial charge in [-0.3, -0.25) is 4.79 Å².